The zero-order valence-electron chi connectivity index (χ0n) is 17.8. The number of hydrogen-bond acceptors (Lipinski definition) is 4. The first-order valence-electron chi connectivity index (χ1n) is 10.6. The number of hydroxylamine groups is 1. The maximum Gasteiger partial charge on any atom is 0.243 e. The first-order valence-corrected chi connectivity index (χ1v) is 10.6. The van der Waals surface area contributed by atoms with Gasteiger partial charge in [-0.2, -0.15) is 0 Å². The smallest absolute Gasteiger partial charge is 0.243 e. The van der Waals surface area contributed by atoms with Gasteiger partial charge in [0, 0.05) is 39.3 Å². The normalized spacial score (nSPS) is 13.6. The Balaban J connectivity index is 1.69. The molecule has 0 bridgehead atoms. The second kappa shape index (κ2) is 10.3. The van der Waals surface area contributed by atoms with Gasteiger partial charge in [0.1, 0.15) is 0 Å². The Morgan fingerprint density at radius 2 is 1.63 bits per heavy atom. The molecule has 1 aliphatic rings. The highest BCUT2D eigenvalue weighted by Gasteiger charge is 2.29. The molecule has 30 heavy (non-hydrogen) atoms. The molecule has 160 valence electrons. The Morgan fingerprint density at radius 1 is 1.00 bits per heavy atom. The van der Waals surface area contributed by atoms with Crippen molar-refractivity contribution >= 4 is 17.5 Å². The van der Waals surface area contributed by atoms with Crippen LogP contribution in [0.4, 0.5) is 5.69 Å². The Bertz CT molecular complexity index is 839. The van der Waals surface area contributed by atoms with Crippen molar-refractivity contribution in [3.63, 3.8) is 0 Å². The fraction of sp³-hybridized carbons (Fsp3) is 0.417. The van der Waals surface area contributed by atoms with Gasteiger partial charge in [-0.25, -0.2) is 5.48 Å². The summed E-state index contributed by atoms with van der Waals surface area (Å²) in [4.78, 5) is 28.6. The van der Waals surface area contributed by atoms with Crippen LogP contribution in [0.25, 0.3) is 0 Å². The topological polar surface area (TPSA) is 72.9 Å². The SMILES string of the molecule is CN(C)c1ccc([C@H](CCCCCC(=O)NO)C(=O)N2Cc3ccccc3C2)cc1. The molecule has 2 amide bonds. The van der Waals surface area contributed by atoms with Crippen molar-refractivity contribution in [2.45, 2.75) is 51.1 Å². The first kappa shape index (κ1) is 21.8. The number of hydrogen-bond donors (Lipinski definition) is 2. The van der Waals surface area contributed by atoms with Crippen molar-refractivity contribution < 1.29 is 14.8 Å². The van der Waals surface area contributed by atoms with Gasteiger partial charge in [0.05, 0.1) is 5.92 Å². The molecule has 0 radical (unpaired) electrons. The van der Waals surface area contributed by atoms with E-state index in [-0.39, 0.29) is 17.7 Å². The van der Waals surface area contributed by atoms with Gasteiger partial charge in [-0.15, -0.1) is 0 Å². The number of nitrogens with zero attached hydrogens (tertiary/aromatic N) is 2. The molecule has 6 heteroatoms. The van der Waals surface area contributed by atoms with Gasteiger partial charge < -0.3 is 9.80 Å². The number of rotatable bonds is 9. The molecule has 1 aliphatic heterocycles. The Morgan fingerprint density at radius 3 is 2.20 bits per heavy atom. The molecule has 6 nitrogen and oxygen atoms in total. The fourth-order valence-electron chi connectivity index (χ4n) is 4.01. The van der Waals surface area contributed by atoms with Crippen LogP contribution in [0.1, 0.15) is 54.7 Å². The van der Waals surface area contributed by atoms with E-state index in [1.54, 1.807) is 5.48 Å². The minimum absolute atomic E-state index is 0.164. The fourth-order valence-corrected chi connectivity index (χ4v) is 4.01. The summed E-state index contributed by atoms with van der Waals surface area (Å²) >= 11 is 0. The Labute approximate surface area is 178 Å². The van der Waals surface area contributed by atoms with E-state index >= 15 is 0 Å². The lowest BCUT2D eigenvalue weighted by Crippen LogP contribution is -2.31. The van der Waals surface area contributed by atoms with E-state index in [1.165, 1.54) is 11.1 Å². The molecule has 0 saturated carbocycles. The van der Waals surface area contributed by atoms with Crippen LogP contribution < -0.4 is 10.4 Å². The molecular weight excluding hydrogens is 378 g/mol. The quantitative estimate of drug-likeness (QED) is 0.375. The van der Waals surface area contributed by atoms with Gasteiger partial charge in [0.25, 0.3) is 0 Å². The van der Waals surface area contributed by atoms with E-state index in [9.17, 15) is 9.59 Å². The molecule has 1 atom stereocenters. The molecular formula is C24H31N3O3. The molecule has 0 unspecified atom stereocenters. The zero-order chi connectivity index (χ0) is 21.5. The minimum Gasteiger partial charge on any atom is -0.378 e. The molecule has 0 fully saturated rings. The monoisotopic (exact) mass is 409 g/mol. The van der Waals surface area contributed by atoms with E-state index < -0.39 is 0 Å². The van der Waals surface area contributed by atoms with Crippen LogP contribution in [0.2, 0.25) is 0 Å². The summed E-state index contributed by atoms with van der Waals surface area (Å²) in [7, 11) is 4.00. The number of carbonyl (C=O) groups excluding carboxylic acids is 2. The average molecular weight is 410 g/mol. The predicted molar refractivity (Wildman–Crippen MR) is 117 cm³/mol. The summed E-state index contributed by atoms with van der Waals surface area (Å²) in [6.45, 7) is 1.33. The number of nitrogens with one attached hydrogen (secondary N) is 1. The van der Waals surface area contributed by atoms with Crippen molar-refractivity contribution in [3.8, 4) is 0 Å². The van der Waals surface area contributed by atoms with E-state index in [4.69, 9.17) is 5.21 Å². The van der Waals surface area contributed by atoms with Crippen LogP contribution in [-0.2, 0) is 22.7 Å². The van der Waals surface area contributed by atoms with Crippen LogP contribution in [0.3, 0.4) is 0 Å². The zero-order valence-corrected chi connectivity index (χ0v) is 17.8. The first-order chi connectivity index (χ1) is 14.5. The van der Waals surface area contributed by atoms with Crippen LogP contribution in [0.15, 0.2) is 48.5 Å². The molecule has 2 aromatic rings. The van der Waals surface area contributed by atoms with Gasteiger partial charge in [-0.3, -0.25) is 14.8 Å². The van der Waals surface area contributed by atoms with Crippen molar-refractivity contribution in [3.05, 3.63) is 65.2 Å². The largest absolute Gasteiger partial charge is 0.378 e. The Kier molecular flexibility index (Phi) is 7.46. The molecule has 3 rings (SSSR count). The third-order valence-electron chi connectivity index (χ3n) is 5.78. The predicted octanol–water partition coefficient (Wildman–Crippen LogP) is 3.83. The molecule has 0 spiro atoms. The van der Waals surface area contributed by atoms with Gasteiger partial charge in [-0.1, -0.05) is 49.2 Å². The summed E-state index contributed by atoms with van der Waals surface area (Å²) < 4.78 is 0. The number of amides is 2. The third kappa shape index (κ3) is 5.39. The van der Waals surface area contributed by atoms with Crippen molar-refractivity contribution in [2.75, 3.05) is 19.0 Å². The number of anilines is 1. The molecule has 0 aromatic heterocycles. The minimum atomic E-state index is -0.364. The van der Waals surface area contributed by atoms with E-state index in [2.05, 4.69) is 36.4 Å². The molecule has 0 saturated heterocycles. The highest BCUT2D eigenvalue weighted by molar-refractivity contribution is 5.84. The van der Waals surface area contributed by atoms with Crippen molar-refractivity contribution in [1.29, 1.82) is 0 Å². The van der Waals surface area contributed by atoms with Gasteiger partial charge >= 0.3 is 0 Å². The molecule has 2 aromatic carbocycles. The van der Waals surface area contributed by atoms with E-state index in [0.29, 0.717) is 25.9 Å². The van der Waals surface area contributed by atoms with Crippen LogP contribution >= 0.6 is 0 Å². The third-order valence-corrected chi connectivity index (χ3v) is 5.78. The van der Waals surface area contributed by atoms with Crippen LogP contribution in [-0.4, -0.2) is 36.0 Å². The average Bonchev–Trinajstić information content (AvgIpc) is 3.20. The summed E-state index contributed by atoms with van der Waals surface area (Å²) in [5.74, 6) is -0.393. The van der Waals surface area contributed by atoms with E-state index in [1.807, 2.05) is 36.0 Å². The lowest BCUT2D eigenvalue weighted by molar-refractivity contribution is -0.133. The molecule has 2 N–H and O–H groups in total. The Hall–Kier alpha value is -2.86. The lowest BCUT2D eigenvalue weighted by Gasteiger charge is -2.24. The molecule has 1 heterocycles. The summed E-state index contributed by atoms with van der Waals surface area (Å²) in [6.07, 6.45) is 3.43. The second-order valence-corrected chi connectivity index (χ2v) is 8.14. The van der Waals surface area contributed by atoms with Gasteiger partial charge in [0.2, 0.25) is 11.8 Å². The number of fused-ring (bicyclic) bond motifs is 1. The summed E-state index contributed by atoms with van der Waals surface area (Å²) in [5.41, 5.74) is 6.26. The second-order valence-electron chi connectivity index (χ2n) is 8.14. The number of benzene rings is 2. The highest BCUT2D eigenvalue weighted by atomic mass is 16.5. The van der Waals surface area contributed by atoms with Crippen LogP contribution in [0.5, 0.6) is 0 Å². The van der Waals surface area contributed by atoms with Crippen LogP contribution in [0, 0.1) is 0 Å². The van der Waals surface area contributed by atoms with Gasteiger partial charge in [-0.05, 0) is 41.7 Å². The highest BCUT2D eigenvalue weighted by Crippen LogP contribution is 2.31. The van der Waals surface area contributed by atoms with Crippen molar-refractivity contribution in [1.82, 2.24) is 10.4 Å². The summed E-state index contributed by atoms with van der Waals surface area (Å²) in [5, 5.41) is 8.60. The summed E-state index contributed by atoms with van der Waals surface area (Å²) in [6, 6.07) is 16.4. The van der Waals surface area contributed by atoms with Gasteiger partial charge in [0.15, 0.2) is 0 Å². The lowest BCUT2D eigenvalue weighted by atomic mass is 9.91. The molecule has 0 aliphatic carbocycles. The maximum absolute atomic E-state index is 13.5. The maximum atomic E-state index is 13.5. The van der Waals surface area contributed by atoms with E-state index in [0.717, 1.165) is 30.5 Å². The van der Waals surface area contributed by atoms with Crippen molar-refractivity contribution in [2.24, 2.45) is 0 Å². The number of carbonyl (C=O) groups is 2. The number of unbranched alkanes of at least 4 members (excludes halogenated alkanes) is 2. The standard InChI is InChI=1S/C24H31N3O3/c1-26(2)21-14-12-18(13-15-21)22(10-4-3-5-11-23(28)25-30)24(29)27-16-19-8-6-7-9-20(19)17-27/h6-9,12-15,22,30H,3-5,10-11,16-17H2,1-2H3,(H,25,28)/t22-/m0/s1.